The molecule has 96 valence electrons. The van der Waals surface area contributed by atoms with Crippen molar-refractivity contribution in [1.29, 1.82) is 0 Å². The summed E-state index contributed by atoms with van der Waals surface area (Å²) in [5, 5.41) is 0. The Hall–Kier alpha value is -0.400. The highest BCUT2D eigenvalue weighted by Gasteiger charge is 2.34. The molecular weight excluding hydrogens is 409 g/mol. The maximum absolute atomic E-state index is 11.9. The highest BCUT2D eigenvalue weighted by Crippen LogP contribution is 2.39. The van der Waals surface area contributed by atoms with Gasteiger partial charge in [-0.25, -0.2) is 4.79 Å². The Morgan fingerprint density at radius 1 is 1.56 bits per heavy atom. The number of hydrogen-bond donors (Lipinski definition) is 0. The van der Waals surface area contributed by atoms with E-state index in [0.29, 0.717) is 12.1 Å². The maximum Gasteiger partial charge on any atom is 0.340 e. The van der Waals surface area contributed by atoms with Gasteiger partial charge in [-0.3, -0.25) is 0 Å². The molecule has 0 saturated carbocycles. The summed E-state index contributed by atoms with van der Waals surface area (Å²) in [5.74, 6) is -0.258. The first-order valence-electron chi connectivity index (χ1n) is 5.42. The molecule has 1 aromatic carbocycles. The number of nitrogens with zero attached hydrogens (tertiary/aromatic N) is 1. The monoisotopic (exact) mass is 421 g/mol. The fourth-order valence-corrected chi connectivity index (χ4v) is 3.81. The zero-order valence-electron chi connectivity index (χ0n) is 10.2. The zero-order valence-corrected chi connectivity index (χ0v) is 13.9. The van der Waals surface area contributed by atoms with Gasteiger partial charge in [-0.1, -0.05) is 22.5 Å². The van der Waals surface area contributed by atoms with Crippen molar-refractivity contribution in [1.82, 2.24) is 4.90 Å². The van der Waals surface area contributed by atoms with E-state index in [1.165, 1.54) is 0 Å². The standard InChI is InChI=1S/C13H13BrINO2/c1-7(6-16(2)3)12-9-4-8(14)5-10(15)11(9)13(17)18-12/h4-5,12H,1,6H2,2-3H3. The van der Waals surface area contributed by atoms with Gasteiger partial charge >= 0.3 is 5.97 Å². The average Bonchev–Trinajstić information content (AvgIpc) is 2.54. The first-order valence-corrected chi connectivity index (χ1v) is 7.29. The molecule has 0 spiro atoms. The van der Waals surface area contributed by atoms with Gasteiger partial charge in [0.05, 0.1) is 5.56 Å². The number of halogens is 2. The highest BCUT2D eigenvalue weighted by molar-refractivity contribution is 14.1. The van der Waals surface area contributed by atoms with Crippen molar-refractivity contribution in [3.63, 3.8) is 0 Å². The van der Waals surface area contributed by atoms with Crippen molar-refractivity contribution >= 4 is 44.5 Å². The van der Waals surface area contributed by atoms with Gasteiger partial charge in [0.1, 0.15) is 0 Å². The van der Waals surface area contributed by atoms with Gasteiger partial charge in [0.2, 0.25) is 0 Å². The van der Waals surface area contributed by atoms with Gasteiger partial charge in [-0.2, -0.15) is 0 Å². The smallest absolute Gasteiger partial charge is 0.340 e. The summed E-state index contributed by atoms with van der Waals surface area (Å²) in [6, 6.07) is 3.85. The fraction of sp³-hybridized carbons (Fsp3) is 0.308. The molecular formula is C13H13BrINO2. The SMILES string of the molecule is C=C(CN(C)C)C1OC(=O)c2c(I)cc(Br)cc21. The fourth-order valence-electron chi connectivity index (χ4n) is 2.04. The van der Waals surface area contributed by atoms with Crippen molar-refractivity contribution in [2.45, 2.75) is 6.10 Å². The third-order valence-electron chi connectivity index (χ3n) is 2.69. The summed E-state index contributed by atoms with van der Waals surface area (Å²) in [6.45, 7) is 4.73. The Bertz CT molecular complexity index is 528. The van der Waals surface area contributed by atoms with Crippen LogP contribution in [0.1, 0.15) is 22.0 Å². The average molecular weight is 422 g/mol. The molecule has 3 nitrogen and oxygen atoms in total. The molecule has 0 amide bonds. The molecule has 0 saturated heterocycles. The lowest BCUT2D eigenvalue weighted by Gasteiger charge is -2.18. The maximum atomic E-state index is 11.9. The Balaban J connectivity index is 2.41. The van der Waals surface area contributed by atoms with E-state index in [0.717, 1.165) is 19.2 Å². The van der Waals surface area contributed by atoms with E-state index in [2.05, 4.69) is 45.1 Å². The van der Waals surface area contributed by atoms with Crippen LogP contribution in [0.4, 0.5) is 0 Å². The summed E-state index contributed by atoms with van der Waals surface area (Å²) in [6.07, 6.45) is -0.332. The number of cyclic esters (lactones) is 1. The quantitative estimate of drug-likeness (QED) is 0.425. The minimum atomic E-state index is -0.332. The van der Waals surface area contributed by atoms with Crippen LogP contribution in [0, 0.1) is 3.57 Å². The van der Waals surface area contributed by atoms with E-state index < -0.39 is 0 Å². The first kappa shape index (κ1) is 14.0. The van der Waals surface area contributed by atoms with Gasteiger partial charge in [-0.15, -0.1) is 0 Å². The second kappa shape index (κ2) is 5.30. The van der Waals surface area contributed by atoms with Crippen molar-refractivity contribution in [2.75, 3.05) is 20.6 Å². The number of carbonyl (C=O) groups excluding carboxylic acids is 1. The molecule has 1 heterocycles. The van der Waals surface area contributed by atoms with Crippen molar-refractivity contribution in [3.8, 4) is 0 Å². The Labute approximate surface area is 128 Å². The number of benzene rings is 1. The predicted molar refractivity (Wildman–Crippen MR) is 82.7 cm³/mol. The van der Waals surface area contributed by atoms with Crippen LogP contribution in [-0.2, 0) is 4.74 Å². The highest BCUT2D eigenvalue weighted by atomic mass is 127. The van der Waals surface area contributed by atoms with Gasteiger partial charge in [0.25, 0.3) is 0 Å². The van der Waals surface area contributed by atoms with E-state index >= 15 is 0 Å². The summed E-state index contributed by atoms with van der Waals surface area (Å²) in [5.41, 5.74) is 2.47. The van der Waals surface area contributed by atoms with Crippen molar-refractivity contribution in [2.24, 2.45) is 0 Å². The molecule has 5 heteroatoms. The summed E-state index contributed by atoms with van der Waals surface area (Å²) < 4.78 is 7.29. The number of rotatable bonds is 3. The molecule has 0 aromatic heterocycles. The number of carbonyl (C=O) groups is 1. The first-order chi connectivity index (χ1) is 8.40. The summed E-state index contributed by atoms with van der Waals surface area (Å²) in [4.78, 5) is 13.9. The lowest BCUT2D eigenvalue weighted by atomic mass is 10.00. The Kier molecular flexibility index (Phi) is 4.13. The number of fused-ring (bicyclic) bond motifs is 1. The molecule has 0 radical (unpaired) electrons. The molecule has 0 N–H and O–H groups in total. The number of esters is 1. The van der Waals surface area contributed by atoms with Crippen LogP contribution in [0.25, 0.3) is 0 Å². The van der Waals surface area contributed by atoms with Crippen molar-refractivity contribution < 1.29 is 9.53 Å². The number of ether oxygens (including phenoxy) is 1. The molecule has 1 aliphatic heterocycles. The van der Waals surface area contributed by atoms with Crippen molar-refractivity contribution in [3.05, 3.63) is 43.5 Å². The normalized spacial score (nSPS) is 17.8. The Morgan fingerprint density at radius 3 is 2.83 bits per heavy atom. The van der Waals surface area contributed by atoms with Gasteiger partial charge in [0, 0.05) is 20.2 Å². The summed E-state index contributed by atoms with van der Waals surface area (Å²) >= 11 is 5.61. The molecule has 0 bridgehead atoms. The van der Waals surface area contributed by atoms with E-state index in [4.69, 9.17) is 4.74 Å². The van der Waals surface area contributed by atoms with Crippen LogP contribution in [0.15, 0.2) is 28.8 Å². The van der Waals surface area contributed by atoms with Gasteiger partial charge in [-0.05, 0) is 54.4 Å². The van der Waals surface area contributed by atoms with E-state index in [-0.39, 0.29) is 12.1 Å². The van der Waals surface area contributed by atoms with Crippen LogP contribution < -0.4 is 0 Å². The van der Waals surface area contributed by atoms with Crippen LogP contribution in [0.5, 0.6) is 0 Å². The largest absolute Gasteiger partial charge is 0.449 e. The predicted octanol–water partition coefficient (Wildman–Crippen LogP) is 3.38. The molecule has 0 aliphatic carbocycles. The lowest BCUT2D eigenvalue weighted by molar-refractivity contribution is 0.0441. The topological polar surface area (TPSA) is 29.5 Å². The zero-order chi connectivity index (χ0) is 13.4. The molecule has 1 atom stereocenters. The molecule has 1 aliphatic rings. The Morgan fingerprint density at radius 2 is 2.22 bits per heavy atom. The molecule has 18 heavy (non-hydrogen) atoms. The van der Waals surface area contributed by atoms with Crippen LogP contribution in [-0.4, -0.2) is 31.5 Å². The number of hydrogen-bond acceptors (Lipinski definition) is 3. The summed E-state index contributed by atoms with van der Waals surface area (Å²) in [7, 11) is 3.93. The number of likely N-dealkylation sites (N-methyl/N-ethyl adjacent to an activating group) is 1. The van der Waals surface area contributed by atoms with Crippen LogP contribution in [0.3, 0.4) is 0 Å². The lowest BCUT2D eigenvalue weighted by Crippen LogP contribution is -2.18. The minimum Gasteiger partial charge on any atom is -0.449 e. The third kappa shape index (κ3) is 2.62. The van der Waals surface area contributed by atoms with Crippen LogP contribution in [0.2, 0.25) is 0 Å². The van der Waals surface area contributed by atoms with E-state index in [9.17, 15) is 4.79 Å². The molecule has 1 aromatic rings. The van der Waals surface area contributed by atoms with E-state index in [1.807, 2.05) is 31.1 Å². The third-order valence-corrected chi connectivity index (χ3v) is 4.00. The molecule has 2 rings (SSSR count). The van der Waals surface area contributed by atoms with E-state index in [1.54, 1.807) is 0 Å². The molecule has 1 unspecified atom stereocenters. The minimum absolute atomic E-state index is 0.258. The molecule has 0 fully saturated rings. The van der Waals surface area contributed by atoms with Crippen LogP contribution >= 0.6 is 38.5 Å². The second-order valence-electron chi connectivity index (χ2n) is 4.53. The van der Waals surface area contributed by atoms with Gasteiger partial charge in [0.15, 0.2) is 6.10 Å². The van der Waals surface area contributed by atoms with Gasteiger partial charge < -0.3 is 9.64 Å². The second-order valence-corrected chi connectivity index (χ2v) is 6.61.